The molecule has 3 heteroatoms. The molecule has 1 atom stereocenters. The van der Waals surface area contributed by atoms with E-state index < -0.39 is 0 Å². The molecule has 0 N–H and O–H groups in total. The number of hydrogen-bond acceptors (Lipinski definition) is 3. The highest BCUT2D eigenvalue weighted by Gasteiger charge is 2.32. The molecule has 1 rings (SSSR count). The molecule has 0 bridgehead atoms. The molecule has 1 aliphatic heterocycles. The lowest BCUT2D eigenvalue weighted by atomic mass is 9.87. The van der Waals surface area contributed by atoms with Crippen LogP contribution in [0.3, 0.4) is 0 Å². The van der Waals surface area contributed by atoms with Crippen LogP contribution >= 0.6 is 0 Å². The molecule has 0 aliphatic carbocycles. The third-order valence-electron chi connectivity index (χ3n) is 5.11. The van der Waals surface area contributed by atoms with Crippen LogP contribution in [0.25, 0.3) is 0 Å². The van der Waals surface area contributed by atoms with Gasteiger partial charge in [-0.05, 0) is 33.9 Å². The van der Waals surface area contributed by atoms with Crippen LogP contribution in [0.5, 0.6) is 0 Å². The molecule has 0 spiro atoms. The van der Waals surface area contributed by atoms with Gasteiger partial charge >= 0.3 is 0 Å². The number of piperazine rings is 1. The molecule has 3 nitrogen and oxygen atoms in total. The van der Waals surface area contributed by atoms with E-state index in [1.807, 2.05) is 0 Å². The fourth-order valence-corrected chi connectivity index (χ4v) is 3.59. The molecular formula is C18H39N3. The maximum atomic E-state index is 2.79. The van der Waals surface area contributed by atoms with Gasteiger partial charge in [-0.1, -0.05) is 39.5 Å². The predicted molar refractivity (Wildman–Crippen MR) is 94.0 cm³/mol. The second-order valence-corrected chi connectivity index (χ2v) is 7.34. The minimum atomic E-state index is 0.442. The zero-order chi connectivity index (χ0) is 15.7. The molecule has 126 valence electrons. The topological polar surface area (TPSA) is 9.72 Å². The van der Waals surface area contributed by atoms with Crippen molar-refractivity contribution in [1.29, 1.82) is 0 Å². The van der Waals surface area contributed by atoms with E-state index in [2.05, 4.69) is 49.6 Å². The van der Waals surface area contributed by atoms with Crippen LogP contribution in [0.2, 0.25) is 0 Å². The molecule has 0 radical (unpaired) electrons. The first-order valence-corrected chi connectivity index (χ1v) is 9.14. The van der Waals surface area contributed by atoms with E-state index in [0.29, 0.717) is 5.54 Å². The molecule has 0 aromatic rings. The van der Waals surface area contributed by atoms with Gasteiger partial charge < -0.3 is 4.90 Å². The Balaban J connectivity index is 2.43. The summed E-state index contributed by atoms with van der Waals surface area (Å²) >= 11 is 0. The third kappa shape index (κ3) is 6.66. The first-order valence-electron chi connectivity index (χ1n) is 9.14. The number of unbranched alkanes of at least 4 members (excludes halogenated alkanes) is 2. The lowest BCUT2D eigenvalue weighted by Crippen LogP contribution is -2.56. The van der Waals surface area contributed by atoms with Crippen molar-refractivity contribution in [1.82, 2.24) is 14.7 Å². The van der Waals surface area contributed by atoms with Crippen molar-refractivity contribution in [2.45, 2.75) is 64.8 Å². The monoisotopic (exact) mass is 297 g/mol. The highest BCUT2D eigenvalue weighted by atomic mass is 15.3. The number of rotatable bonds is 10. The minimum absolute atomic E-state index is 0.442. The highest BCUT2D eigenvalue weighted by molar-refractivity contribution is 4.89. The Bertz CT molecular complexity index is 259. The molecule has 0 amide bonds. The SMILES string of the molecule is CCCCCC(C)(CCC)N1CCN(CCN(C)C)CC1. The average molecular weight is 298 g/mol. The van der Waals surface area contributed by atoms with E-state index in [1.54, 1.807) is 0 Å². The van der Waals surface area contributed by atoms with Crippen molar-refractivity contribution in [3.05, 3.63) is 0 Å². The second kappa shape index (κ2) is 9.81. The summed E-state index contributed by atoms with van der Waals surface area (Å²) in [6.07, 6.45) is 8.17. The summed E-state index contributed by atoms with van der Waals surface area (Å²) in [7, 11) is 4.34. The molecular weight excluding hydrogens is 258 g/mol. The molecule has 0 saturated carbocycles. The van der Waals surface area contributed by atoms with Gasteiger partial charge in [0.15, 0.2) is 0 Å². The van der Waals surface area contributed by atoms with Crippen LogP contribution in [0.15, 0.2) is 0 Å². The van der Waals surface area contributed by atoms with Crippen LogP contribution in [0, 0.1) is 0 Å². The summed E-state index contributed by atoms with van der Waals surface area (Å²) in [5, 5.41) is 0. The average Bonchev–Trinajstić information content (AvgIpc) is 2.46. The second-order valence-electron chi connectivity index (χ2n) is 7.34. The Morgan fingerprint density at radius 1 is 0.905 bits per heavy atom. The molecule has 1 unspecified atom stereocenters. The van der Waals surface area contributed by atoms with Crippen LogP contribution in [0.4, 0.5) is 0 Å². The van der Waals surface area contributed by atoms with Crippen LogP contribution in [-0.4, -0.2) is 73.6 Å². The van der Waals surface area contributed by atoms with Gasteiger partial charge in [0.1, 0.15) is 0 Å². The molecule has 1 fully saturated rings. The van der Waals surface area contributed by atoms with E-state index in [9.17, 15) is 0 Å². The predicted octanol–water partition coefficient (Wildman–Crippen LogP) is 3.30. The standard InChI is InChI=1S/C18H39N3/c1-6-8-9-11-18(3,10-7-2)21-16-14-20(15-17-21)13-12-19(4)5/h6-17H2,1-5H3. The maximum Gasteiger partial charge on any atom is 0.0182 e. The molecule has 21 heavy (non-hydrogen) atoms. The van der Waals surface area contributed by atoms with E-state index in [1.165, 1.54) is 77.8 Å². The van der Waals surface area contributed by atoms with Gasteiger partial charge in [0, 0.05) is 44.8 Å². The summed E-state index contributed by atoms with van der Waals surface area (Å²) in [5.41, 5.74) is 0.442. The zero-order valence-corrected chi connectivity index (χ0v) is 15.3. The van der Waals surface area contributed by atoms with Crippen LogP contribution in [0.1, 0.15) is 59.3 Å². The number of nitrogens with zero attached hydrogens (tertiary/aromatic N) is 3. The van der Waals surface area contributed by atoms with Gasteiger partial charge in [-0.25, -0.2) is 0 Å². The van der Waals surface area contributed by atoms with Crippen molar-refractivity contribution < 1.29 is 0 Å². The van der Waals surface area contributed by atoms with Crippen molar-refractivity contribution in [2.24, 2.45) is 0 Å². The summed E-state index contributed by atoms with van der Waals surface area (Å²) in [6, 6.07) is 0. The summed E-state index contributed by atoms with van der Waals surface area (Å²) in [4.78, 5) is 7.71. The van der Waals surface area contributed by atoms with Gasteiger partial charge in [-0.15, -0.1) is 0 Å². The summed E-state index contributed by atoms with van der Waals surface area (Å²) < 4.78 is 0. The summed E-state index contributed by atoms with van der Waals surface area (Å²) in [6.45, 7) is 14.6. The maximum absolute atomic E-state index is 2.79. The van der Waals surface area contributed by atoms with E-state index >= 15 is 0 Å². The number of likely N-dealkylation sites (N-methyl/N-ethyl adjacent to an activating group) is 1. The van der Waals surface area contributed by atoms with Gasteiger partial charge in [-0.2, -0.15) is 0 Å². The van der Waals surface area contributed by atoms with Crippen LogP contribution < -0.4 is 0 Å². The van der Waals surface area contributed by atoms with Crippen LogP contribution in [-0.2, 0) is 0 Å². The van der Waals surface area contributed by atoms with E-state index in [-0.39, 0.29) is 0 Å². The van der Waals surface area contributed by atoms with Gasteiger partial charge in [0.25, 0.3) is 0 Å². The largest absolute Gasteiger partial charge is 0.308 e. The first kappa shape index (κ1) is 18.9. The zero-order valence-electron chi connectivity index (χ0n) is 15.3. The molecule has 0 aromatic heterocycles. The summed E-state index contributed by atoms with van der Waals surface area (Å²) in [5.74, 6) is 0. The third-order valence-corrected chi connectivity index (χ3v) is 5.11. The molecule has 1 aliphatic rings. The fraction of sp³-hybridized carbons (Fsp3) is 1.00. The van der Waals surface area contributed by atoms with E-state index in [0.717, 1.165) is 0 Å². The van der Waals surface area contributed by atoms with Crippen molar-refractivity contribution in [3.63, 3.8) is 0 Å². The number of hydrogen-bond donors (Lipinski definition) is 0. The van der Waals surface area contributed by atoms with Crippen molar-refractivity contribution in [3.8, 4) is 0 Å². The van der Waals surface area contributed by atoms with Gasteiger partial charge in [-0.3, -0.25) is 9.80 Å². The minimum Gasteiger partial charge on any atom is -0.308 e. The Morgan fingerprint density at radius 2 is 1.57 bits per heavy atom. The van der Waals surface area contributed by atoms with Gasteiger partial charge in [0.05, 0.1) is 0 Å². The van der Waals surface area contributed by atoms with Gasteiger partial charge in [0.2, 0.25) is 0 Å². The lowest BCUT2D eigenvalue weighted by Gasteiger charge is -2.46. The Morgan fingerprint density at radius 3 is 2.10 bits per heavy atom. The Kier molecular flexibility index (Phi) is 8.84. The molecule has 1 heterocycles. The van der Waals surface area contributed by atoms with Crippen molar-refractivity contribution >= 4 is 0 Å². The fourth-order valence-electron chi connectivity index (χ4n) is 3.59. The quantitative estimate of drug-likeness (QED) is 0.573. The smallest absolute Gasteiger partial charge is 0.0182 e. The normalized spacial score (nSPS) is 20.9. The van der Waals surface area contributed by atoms with E-state index in [4.69, 9.17) is 0 Å². The first-order chi connectivity index (χ1) is 10.0. The molecule has 1 saturated heterocycles. The highest BCUT2D eigenvalue weighted by Crippen LogP contribution is 2.28. The van der Waals surface area contributed by atoms with Crippen molar-refractivity contribution in [2.75, 3.05) is 53.4 Å². The Labute approximate surface area is 133 Å². The molecule has 0 aromatic carbocycles. The Hall–Kier alpha value is -0.120. The lowest BCUT2D eigenvalue weighted by molar-refractivity contribution is 0.0276.